The van der Waals surface area contributed by atoms with E-state index in [1.54, 1.807) is 7.11 Å². The van der Waals surface area contributed by atoms with Crippen LogP contribution in [0.3, 0.4) is 0 Å². The van der Waals surface area contributed by atoms with Crippen molar-refractivity contribution in [3.8, 4) is 5.69 Å². The number of ether oxygens (including phenoxy) is 1. The summed E-state index contributed by atoms with van der Waals surface area (Å²) in [5, 5.41) is 2.85. The Morgan fingerprint density at radius 3 is 2.81 bits per heavy atom. The van der Waals surface area contributed by atoms with Crippen LogP contribution in [-0.2, 0) is 9.53 Å². The first-order valence-electron chi connectivity index (χ1n) is 6.99. The fourth-order valence-electron chi connectivity index (χ4n) is 2.06. The largest absolute Gasteiger partial charge is 0.385 e. The topological polar surface area (TPSA) is 69.3 Å². The third-order valence-electron chi connectivity index (χ3n) is 3.22. The van der Waals surface area contributed by atoms with Gasteiger partial charge in [-0.25, -0.2) is 0 Å². The predicted octanol–water partition coefficient (Wildman–Crippen LogP) is 2.17. The van der Waals surface area contributed by atoms with E-state index in [1.165, 1.54) is 0 Å². The van der Waals surface area contributed by atoms with Gasteiger partial charge >= 0.3 is 0 Å². The van der Waals surface area contributed by atoms with Crippen molar-refractivity contribution in [1.29, 1.82) is 0 Å². The highest BCUT2D eigenvalue weighted by atomic mass is 16.5. The minimum atomic E-state index is -0.518. The van der Waals surface area contributed by atoms with Crippen molar-refractivity contribution in [2.45, 2.75) is 18.9 Å². The number of nitrogens with zero attached hydrogens (tertiary/aromatic N) is 1. The Labute approximate surface area is 124 Å². The molecule has 5 nitrogen and oxygen atoms in total. The summed E-state index contributed by atoms with van der Waals surface area (Å²) in [6, 6.07) is 11.0. The molecule has 0 saturated heterocycles. The van der Waals surface area contributed by atoms with Crippen LogP contribution in [0.2, 0.25) is 0 Å². The van der Waals surface area contributed by atoms with Gasteiger partial charge in [0.15, 0.2) is 0 Å². The number of rotatable bonds is 7. The zero-order valence-corrected chi connectivity index (χ0v) is 12.2. The summed E-state index contributed by atoms with van der Waals surface area (Å²) in [5.74, 6) is -0.171. The molecule has 21 heavy (non-hydrogen) atoms. The summed E-state index contributed by atoms with van der Waals surface area (Å²) < 4.78 is 6.94. The predicted molar refractivity (Wildman–Crippen MR) is 83.5 cm³/mol. The van der Waals surface area contributed by atoms with Gasteiger partial charge in [-0.3, -0.25) is 4.79 Å². The maximum absolute atomic E-state index is 12.0. The van der Waals surface area contributed by atoms with Gasteiger partial charge in [0, 0.05) is 37.5 Å². The van der Waals surface area contributed by atoms with E-state index in [9.17, 15) is 4.79 Å². The van der Waals surface area contributed by atoms with Gasteiger partial charge in [0.2, 0.25) is 5.91 Å². The molecule has 0 aliphatic carbocycles. The van der Waals surface area contributed by atoms with Crippen LogP contribution in [0.5, 0.6) is 0 Å². The molecule has 2 aromatic rings. The van der Waals surface area contributed by atoms with Crippen LogP contribution in [0.25, 0.3) is 5.69 Å². The minimum Gasteiger partial charge on any atom is -0.385 e. The molecule has 5 heteroatoms. The second kappa shape index (κ2) is 7.61. The van der Waals surface area contributed by atoms with E-state index in [2.05, 4.69) is 5.32 Å². The third kappa shape index (κ3) is 4.44. The molecule has 1 atom stereocenters. The molecule has 0 radical (unpaired) electrons. The van der Waals surface area contributed by atoms with Gasteiger partial charge in [-0.2, -0.15) is 0 Å². The highest BCUT2D eigenvalue weighted by molar-refractivity contribution is 5.94. The molecule has 0 fully saturated rings. The van der Waals surface area contributed by atoms with Crippen LogP contribution in [0, 0.1) is 0 Å². The molecule has 1 amide bonds. The number of aromatic nitrogens is 1. The number of hydrogen-bond acceptors (Lipinski definition) is 3. The molecule has 1 heterocycles. The van der Waals surface area contributed by atoms with Crippen LogP contribution >= 0.6 is 0 Å². The van der Waals surface area contributed by atoms with E-state index >= 15 is 0 Å². The van der Waals surface area contributed by atoms with Gasteiger partial charge in [-0.05, 0) is 43.2 Å². The fraction of sp³-hybridized carbons (Fsp3) is 0.312. The first-order chi connectivity index (χ1) is 10.2. The van der Waals surface area contributed by atoms with Crippen molar-refractivity contribution >= 4 is 11.6 Å². The van der Waals surface area contributed by atoms with Gasteiger partial charge in [-0.15, -0.1) is 0 Å². The average molecular weight is 287 g/mol. The smallest absolute Gasteiger partial charge is 0.241 e. The van der Waals surface area contributed by atoms with Gasteiger partial charge in [0.1, 0.15) is 0 Å². The van der Waals surface area contributed by atoms with Crippen molar-refractivity contribution in [2.24, 2.45) is 5.73 Å². The summed E-state index contributed by atoms with van der Waals surface area (Å²) in [6.07, 6.45) is 5.29. The highest BCUT2D eigenvalue weighted by Crippen LogP contribution is 2.15. The summed E-state index contributed by atoms with van der Waals surface area (Å²) in [5.41, 5.74) is 7.60. The number of methoxy groups -OCH3 is 1. The monoisotopic (exact) mass is 287 g/mol. The summed E-state index contributed by atoms with van der Waals surface area (Å²) in [4.78, 5) is 12.0. The molecule has 0 spiro atoms. The molecule has 1 aromatic carbocycles. The lowest BCUT2D eigenvalue weighted by molar-refractivity contribution is -0.117. The minimum absolute atomic E-state index is 0.171. The lowest BCUT2D eigenvalue weighted by Gasteiger charge is -2.13. The molecule has 0 bridgehead atoms. The molecule has 1 unspecified atom stereocenters. The Bertz CT molecular complexity index is 567. The number of nitrogens with two attached hydrogens (primary N) is 1. The van der Waals surface area contributed by atoms with E-state index < -0.39 is 6.04 Å². The summed E-state index contributed by atoms with van der Waals surface area (Å²) >= 11 is 0. The van der Waals surface area contributed by atoms with E-state index in [1.807, 2.05) is 53.4 Å². The molecular formula is C16H21N3O2. The molecular weight excluding hydrogens is 266 g/mol. The van der Waals surface area contributed by atoms with Gasteiger partial charge in [-0.1, -0.05) is 6.07 Å². The van der Waals surface area contributed by atoms with Gasteiger partial charge in [0.05, 0.1) is 6.04 Å². The van der Waals surface area contributed by atoms with Crippen molar-refractivity contribution in [1.82, 2.24) is 4.57 Å². The first kappa shape index (κ1) is 15.3. The molecule has 112 valence electrons. The molecule has 0 aliphatic rings. The Balaban J connectivity index is 1.96. The molecule has 0 saturated carbocycles. The number of anilines is 1. The van der Waals surface area contributed by atoms with E-state index in [-0.39, 0.29) is 5.91 Å². The summed E-state index contributed by atoms with van der Waals surface area (Å²) in [7, 11) is 1.64. The van der Waals surface area contributed by atoms with Crippen LogP contribution in [0.1, 0.15) is 12.8 Å². The zero-order valence-electron chi connectivity index (χ0n) is 12.2. The zero-order chi connectivity index (χ0) is 15.1. The Morgan fingerprint density at radius 1 is 1.33 bits per heavy atom. The number of hydrogen-bond donors (Lipinski definition) is 2. The number of carbonyl (C=O) groups excluding carboxylic acids is 1. The SMILES string of the molecule is COCCCC(N)C(=O)Nc1cccc(-n2cccc2)c1. The normalized spacial score (nSPS) is 12.1. The van der Waals surface area contributed by atoms with Crippen LogP contribution < -0.4 is 11.1 Å². The lowest BCUT2D eigenvalue weighted by atomic mass is 10.1. The van der Waals surface area contributed by atoms with Crippen molar-refractivity contribution in [3.05, 3.63) is 48.8 Å². The van der Waals surface area contributed by atoms with Gasteiger partial charge in [0.25, 0.3) is 0 Å². The average Bonchev–Trinajstić information content (AvgIpc) is 3.02. The van der Waals surface area contributed by atoms with Crippen molar-refractivity contribution in [2.75, 3.05) is 19.0 Å². The fourth-order valence-corrected chi connectivity index (χ4v) is 2.06. The van der Waals surface area contributed by atoms with Gasteiger partial charge < -0.3 is 20.4 Å². The maximum Gasteiger partial charge on any atom is 0.241 e. The molecule has 0 aliphatic heterocycles. The van der Waals surface area contributed by atoms with Crippen molar-refractivity contribution < 1.29 is 9.53 Å². The third-order valence-corrected chi connectivity index (χ3v) is 3.22. The Kier molecular flexibility index (Phi) is 5.54. The number of amides is 1. The van der Waals surface area contributed by atoms with Crippen LogP contribution in [-0.4, -0.2) is 30.2 Å². The lowest BCUT2D eigenvalue weighted by Crippen LogP contribution is -2.35. The standard InChI is InChI=1S/C16H21N3O2/c1-21-11-5-8-15(17)16(20)18-13-6-4-7-14(12-13)19-9-2-3-10-19/h2-4,6-7,9-10,12,15H,5,8,11,17H2,1H3,(H,18,20). The molecule has 1 aromatic heterocycles. The second-order valence-corrected chi connectivity index (χ2v) is 4.87. The first-order valence-corrected chi connectivity index (χ1v) is 6.99. The van der Waals surface area contributed by atoms with E-state index in [4.69, 9.17) is 10.5 Å². The highest BCUT2D eigenvalue weighted by Gasteiger charge is 2.13. The number of benzene rings is 1. The number of nitrogens with one attached hydrogen (secondary N) is 1. The molecule has 3 N–H and O–H groups in total. The van der Waals surface area contributed by atoms with E-state index in [0.717, 1.165) is 17.8 Å². The second-order valence-electron chi connectivity index (χ2n) is 4.87. The van der Waals surface area contributed by atoms with Crippen LogP contribution in [0.15, 0.2) is 48.8 Å². The van der Waals surface area contributed by atoms with Crippen LogP contribution in [0.4, 0.5) is 5.69 Å². The van der Waals surface area contributed by atoms with E-state index in [0.29, 0.717) is 13.0 Å². The number of carbonyl (C=O) groups is 1. The Hall–Kier alpha value is -2.11. The quantitative estimate of drug-likeness (QED) is 0.767. The summed E-state index contributed by atoms with van der Waals surface area (Å²) in [6.45, 7) is 0.615. The maximum atomic E-state index is 12.0. The Morgan fingerprint density at radius 2 is 2.10 bits per heavy atom. The van der Waals surface area contributed by atoms with Crippen molar-refractivity contribution in [3.63, 3.8) is 0 Å². The molecule has 2 rings (SSSR count).